The van der Waals surface area contributed by atoms with E-state index in [2.05, 4.69) is 38.9 Å². The molecule has 0 saturated carbocycles. The first-order valence-corrected chi connectivity index (χ1v) is 11.8. The number of hydrogen-bond acceptors (Lipinski definition) is 6. The summed E-state index contributed by atoms with van der Waals surface area (Å²) in [6, 6.07) is 8.27. The highest BCUT2D eigenvalue weighted by molar-refractivity contribution is 5.38. The second-order valence-corrected chi connectivity index (χ2v) is 9.29. The Kier molecular flexibility index (Phi) is 6.17. The van der Waals surface area contributed by atoms with Crippen LogP contribution in [0.5, 0.6) is 5.75 Å². The lowest BCUT2D eigenvalue weighted by atomic mass is 9.99. The molecule has 33 heavy (non-hydrogen) atoms. The van der Waals surface area contributed by atoms with Gasteiger partial charge in [-0.2, -0.15) is 5.10 Å². The van der Waals surface area contributed by atoms with E-state index >= 15 is 0 Å². The van der Waals surface area contributed by atoms with Crippen molar-refractivity contribution in [1.82, 2.24) is 24.6 Å². The topological polar surface area (TPSA) is 79.3 Å². The van der Waals surface area contributed by atoms with Crippen molar-refractivity contribution in [2.24, 2.45) is 5.92 Å². The predicted molar refractivity (Wildman–Crippen MR) is 128 cm³/mol. The summed E-state index contributed by atoms with van der Waals surface area (Å²) in [5.41, 5.74) is 4.11. The molecule has 0 unspecified atom stereocenters. The molecule has 4 heterocycles. The van der Waals surface area contributed by atoms with Crippen LogP contribution in [-0.2, 0) is 26.1 Å². The summed E-state index contributed by atoms with van der Waals surface area (Å²) >= 11 is 0. The van der Waals surface area contributed by atoms with Gasteiger partial charge in [0.15, 0.2) is 0 Å². The molecule has 3 aromatic rings. The number of H-pyrrole nitrogens is 1. The largest absolute Gasteiger partial charge is 0.496 e. The van der Waals surface area contributed by atoms with Crippen molar-refractivity contribution in [2.75, 3.05) is 31.6 Å². The van der Waals surface area contributed by atoms with Gasteiger partial charge in [-0.25, -0.2) is 4.98 Å². The number of nitrogens with one attached hydrogen (secondary N) is 1. The summed E-state index contributed by atoms with van der Waals surface area (Å²) in [6.07, 6.45) is 6.76. The van der Waals surface area contributed by atoms with Crippen LogP contribution in [0.1, 0.15) is 42.1 Å². The van der Waals surface area contributed by atoms with Crippen LogP contribution in [0.15, 0.2) is 41.5 Å². The first-order valence-electron chi connectivity index (χ1n) is 11.8. The Hall–Kier alpha value is -3.13. The van der Waals surface area contributed by atoms with E-state index in [1.807, 2.05) is 23.0 Å². The quantitative estimate of drug-likeness (QED) is 0.625. The van der Waals surface area contributed by atoms with Gasteiger partial charge in [0.2, 0.25) is 5.95 Å². The van der Waals surface area contributed by atoms with Gasteiger partial charge in [0.1, 0.15) is 5.75 Å². The van der Waals surface area contributed by atoms with Crippen LogP contribution >= 0.6 is 0 Å². The lowest BCUT2D eigenvalue weighted by molar-refractivity contribution is 0.240. The van der Waals surface area contributed by atoms with E-state index in [-0.39, 0.29) is 5.56 Å². The normalized spacial score (nSPS) is 17.2. The van der Waals surface area contributed by atoms with Crippen molar-refractivity contribution < 1.29 is 4.74 Å². The molecule has 0 atom stereocenters. The fraction of sp³-hybridized carbons (Fsp3) is 0.480. The highest BCUT2D eigenvalue weighted by Gasteiger charge is 2.24. The monoisotopic (exact) mass is 448 g/mol. The fourth-order valence-electron chi connectivity index (χ4n) is 4.87. The molecule has 2 aliphatic heterocycles. The lowest BCUT2D eigenvalue weighted by Gasteiger charge is -2.32. The van der Waals surface area contributed by atoms with E-state index in [9.17, 15) is 4.79 Å². The summed E-state index contributed by atoms with van der Waals surface area (Å²) < 4.78 is 7.47. The number of rotatable bonds is 6. The minimum absolute atomic E-state index is 0.0271. The molecule has 1 N–H and O–H groups in total. The van der Waals surface area contributed by atoms with Crippen molar-refractivity contribution in [1.29, 1.82) is 0 Å². The van der Waals surface area contributed by atoms with E-state index < -0.39 is 0 Å². The minimum Gasteiger partial charge on any atom is -0.496 e. The molecule has 174 valence electrons. The van der Waals surface area contributed by atoms with Crippen LogP contribution in [0, 0.1) is 5.92 Å². The Bertz CT molecular complexity index is 1150. The van der Waals surface area contributed by atoms with E-state index in [1.54, 1.807) is 13.3 Å². The van der Waals surface area contributed by atoms with Gasteiger partial charge >= 0.3 is 0 Å². The zero-order chi connectivity index (χ0) is 22.8. The average Bonchev–Trinajstić information content (AvgIpc) is 3.33. The molecular weight excluding hydrogens is 416 g/mol. The number of anilines is 1. The third kappa shape index (κ3) is 4.80. The maximum absolute atomic E-state index is 12.8. The maximum atomic E-state index is 12.8. The number of benzene rings is 1. The van der Waals surface area contributed by atoms with Crippen LogP contribution in [0.2, 0.25) is 0 Å². The SMILES string of the molecule is COc1ccc(CN2CCc3c(nc(N4CCC(C)CC4)[nH]c3=O)C2)cc1Cn1cccn1. The van der Waals surface area contributed by atoms with Crippen LogP contribution in [0.25, 0.3) is 0 Å². The summed E-state index contributed by atoms with van der Waals surface area (Å²) in [7, 11) is 1.70. The van der Waals surface area contributed by atoms with Gasteiger partial charge in [0, 0.05) is 56.2 Å². The smallest absolute Gasteiger partial charge is 0.255 e. The van der Waals surface area contributed by atoms with Gasteiger partial charge in [-0.1, -0.05) is 13.0 Å². The maximum Gasteiger partial charge on any atom is 0.255 e. The Morgan fingerprint density at radius 2 is 2.03 bits per heavy atom. The molecule has 0 radical (unpaired) electrons. The molecule has 5 rings (SSSR count). The number of hydrogen-bond donors (Lipinski definition) is 1. The molecule has 8 nitrogen and oxygen atoms in total. The third-order valence-electron chi connectivity index (χ3n) is 6.87. The standard InChI is InChI=1S/C25H32N6O2/c1-18-6-12-30(13-7-18)25-27-22-17-29(11-8-21(22)24(32)28-25)15-19-4-5-23(33-2)20(14-19)16-31-10-3-9-26-31/h3-5,9-10,14,18H,6-8,11-13,15-17H2,1-2H3,(H,27,28,32). The Balaban J connectivity index is 1.32. The molecule has 0 spiro atoms. The summed E-state index contributed by atoms with van der Waals surface area (Å²) in [5.74, 6) is 2.34. The van der Waals surface area contributed by atoms with Gasteiger partial charge in [0.05, 0.1) is 19.3 Å². The molecule has 1 fully saturated rings. The van der Waals surface area contributed by atoms with Gasteiger partial charge in [0.25, 0.3) is 5.56 Å². The third-order valence-corrected chi connectivity index (χ3v) is 6.87. The number of fused-ring (bicyclic) bond motifs is 1. The molecule has 0 bridgehead atoms. The summed E-state index contributed by atoms with van der Waals surface area (Å²) in [6.45, 7) is 7.21. The molecule has 1 aromatic carbocycles. The van der Waals surface area contributed by atoms with Crippen molar-refractivity contribution in [3.8, 4) is 5.75 Å². The minimum atomic E-state index is 0.0271. The zero-order valence-corrected chi connectivity index (χ0v) is 19.5. The van der Waals surface area contributed by atoms with Crippen LogP contribution in [0.3, 0.4) is 0 Å². The summed E-state index contributed by atoms with van der Waals surface area (Å²) in [5, 5.41) is 4.32. The first-order chi connectivity index (χ1) is 16.1. The van der Waals surface area contributed by atoms with Crippen LogP contribution in [0.4, 0.5) is 5.95 Å². The molecule has 8 heteroatoms. The van der Waals surface area contributed by atoms with E-state index in [0.29, 0.717) is 13.1 Å². The second-order valence-electron chi connectivity index (χ2n) is 9.29. The van der Waals surface area contributed by atoms with Crippen molar-refractivity contribution >= 4 is 5.95 Å². The summed E-state index contributed by atoms with van der Waals surface area (Å²) in [4.78, 5) is 25.3. The average molecular weight is 449 g/mol. The highest BCUT2D eigenvalue weighted by Crippen LogP contribution is 2.25. The molecule has 0 amide bonds. The number of piperidine rings is 1. The predicted octanol–water partition coefficient (Wildman–Crippen LogP) is 2.82. The van der Waals surface area contributed by atoms with Gasteiger partial charge < -0.3 is 9.64 Å². The molecule has 2 aromatic heterocycles. The van der Waals surface area contributed by atoms with Gasteiger partial charge in [-0.15, -0.1) is 0 Å². The number of aromatic amines is 1. The fourth-order valence-corrected chi connectivity index (χ4v) is 4.87. The van der Waals surface area contributed by atoms with Gasteiger partial charge in [-0.05, 0) is 48.9 Å². The number of methoxy groups -OCH3 is 1. The molecule has 0 aliphatic carbocycles. The number of ether oxygens (including phenoxy) is 1. The highest BCUT2D eigenvalue weighted by atomic mass is 16.5. The Morgan fingerprint density at radius 3 is 2.79 bits per heavy atom. The molecular formula is C25H32N6O2. The van der Waals surface area contributed by atoms with Gasteiger partial charge in [-0.3, -0.25) is 19.4 Å². The van der Waals surface area contributed by atoms with Crippen molar-refractivity contribution in [3.05, 3.63) is 69.4 Å². The van der Waals surface area contributed by atoms with Crippen molar-refractivity contribution in [3.63, 3.8) is 0 Å². The number of nitrogens with zero attached hydrogens (tertiary/aromatic N) is 5. The van der Waals surface area contributed by atoms with Crippen LogP contribution < -0.4 is 15.2 Å². The lowest BCUT2D eigenvalue weighted by Crippen LogP contribution is -2.39. The number of aromatic nitrogens is 4. The van der Waals surface area contributed by atoms with Crippen molar-refractivity contribution in [2.45, 2.75) is 45.8 Å². The van der Waals surface area contributed by atoms with E-state index in [4.69, 9.17) is 9.72 Å². The van der Waals surface area contributed by atoms with E-state index in [1.165, 1.54) is 5.56 Å². The second kappa shape index (κ2) is 9.39. The van der Waals surface area contributed by atoms with Crippen LogP contribution in [-0.4, -0.2) is 51.4 Å². The first kappa shape index (κ1) is 21.7. The molecule has 1 saturated heterocycles. The zero-order valence-electron chi connectivity index (χ0n) is 19.5. The Morgan fingerprint density at radius 1 is 1.18 bits per heavy atom. The van der Waals surface area contributed by atoms with E-state index in [0.717, 1.165) is 79.9 Å². The molecule has 2 aliphatic rings. The Labute approximate surface area is 194 Å².